The van der Waals surface area contributed by atoms with Crippen molar-refractivity contribution in [2.75, 3.05) is 32.0 Å². The highest BCUT2D eigenvalue weighted by Gasteiger charge is 2.24. The van der Waals surface area contributed by atoms with E-state index in [0.29, 0.717) is 0 Å². The van der Waals surface area contributed by atoms with Crippen molar-refractivity contribution in [3.05, 3.63) is 24.3 Å². The van der Waals surface area contributed by atoms with Gasteiger partial charge < -0.3 is 10.5 Å². The number of anilines is 1. The first-order valence-corrected chi connectivity index (χ1v) is 5.99. The maximum Gasteiger partial charge on any atom is 0.142 e. The number of para-hydroxylation sites is 2. The van der Waals surface area contributed by atoms with E-state index in [1.807, 2.05) is 24.3 Å². The molecule has 1 fully saturated rings. The Kier molecular flexibility index (Phi) is 3.67. The summed E-state index contributed by atoms with van der Waals surface area (Å²) in [4.78, 5) is 2.42. The van der Waals surface area contributed by atoms with E-state index in [1.165, 1.54) is 19.5 Å². The van der Waals surface area contributed by atoms with Crippen LogP contribution in [0.4, 0.5) is 5.69 Å². The molecule has 0 spiro atoms. The number of rotatable bonds is 5. The topological polar surface area (TPSA) is 38.5 Å². The molecule has 16 heavy (non-hydrogen) atoms. The first-order valence-electron chi connectivity index (χ1n) is 5.99. The smallest absolute Gasteiger partial charge is 0.142 e. The predicted octanol–water partition coefficient (Wildman–Crippen LogP) is 1.99. The second-order valence-electron chi connectivity index (χ2n) is 4.42. The standard InChI is InChI=1S/C13H20N2O/c1-2-11-9-15(10-11)7-8-16-13-6-4-3-5-12(13)14/h3-6,11H,2,7-10,14H2,1H3. The van der Waals surface area contributed by atoms with Gasteiger partial charge in [-0.2, -0.15) is 0 Å². The van der Waals surface area contributed by atoms with Gasteiger partial charge in [0.2, 0.25) is 0 Å². The number of ether oxygens (including phenoxy) is 1. The van der Waals surface area contributed by atoms with Crippen molar-refractivity contribution in [3.63, 3.8) is 0 Å². The SMILES string of the molecule is CCC1CN(CCOc2ccccc2N)C1. The van der Waals surface area contributed by atoms with Crippen LogP contribution in [0, 0.1) is 5.92 Å². The molecule has 2 rings (SSSR count). The van der Waals surface area contributed by atoms with Crippen LogP contribution in [-0.2, 0) is 0 Å². The molecular weight excluding hydrogens is 200 g/mol. The summed E-state index contributed by atoms with van der Waals surface area (Å²) >= 11 is 0. The fourth-order valence-corrected chi connectivity index (χ4v) is 2.01. The van der Waals surface area contributed by atoms with Crippen LogP contribution >= 0.6 is 0 Å². The Labute approximate surface area is 97.2 Å². The number of hydrogen-bond acceptors (Lipinski definition) is 3. The summed E-state index contributed by atoms with van der Waals surface area (Å²) < 4.78 is 5.65. The lowest BCUT2D eigenvalue weighted by Gasteiger charge is -2.38. The molecule has 2 N–H and O–H groups in total. The van der Waals surface area contributed by atoms with Crippen LogP contribution in [0.5, 0.6) is 5.75 Å². The van der Waals surface area contributed by atoms with Crippen molar-refractivity contribution in [3.8, 4) is 5.75 Å². The summed E-state index contributed by atoms with van der Waals surface area (Å²) in [5.74, 6) is 1.71. The van der Waals surface area contributed by atoms with Gasteiger partial charge in [0.05, 0.1) is 5.69 Å². The van der Waals surface area contributed by atoms with Crippen molar-refractivity contribution in [2.24, 2.45) is 5.92 Å². The van der Waals surface area contributed by atoms with Gasteiger partial charge in [0.25, 0.3) is 0 Å². The van der Waals surface area contributed by atoms with E-state index in [2.05, 4.69) is 11.8 Å². The molecule has 3 nitrogen and oxygen atoms in total. The van der Waals surface area contributed by atoms with E-state index in [0.717, 1.165) is 30.5 Å². The molecule has 1 aromatic rings. The van der Waals surface area contributed by atoms with Crippen LogP contribution in [0.1, 0.15) is 13.3 Å². The van der Waals surface area contributed by atoms with Crippen molar-refractivity contribution >= 4 is 5.69 Å². The molecule has 0 unspecified atom stereocenters. The quantitative estimate of drug-likeness (QED) is 0.771. The Morgan fingerprint density at radius 1 is 1.38 bits per heavy atom. The zero-order valence-corrected chi connectivity index (χ0v) is 9.86. The van der Waals surface area contributed by atoms with Crippen LogP contribution < -0.4 is 10.5 Å². The van der Waals surface area contributed by atoms with Crippen molar-refractivity contribution < 1.29 is 4.74 Å². The molecule has 1 aliphatic rings. The third-order valence-corrected chi connectivity index (χ3v) is 3.19. The number of hydrogen-bond donors (Lipinski definition) is 1. The van der Waals surface area contributed by atoms with E-state index in [-0.39, 0.29) is 0 Å². The van der Waals surface area contributed by atoms with E-state index >= 15 is 0 Å². The first kappa shape index (κ1) is 11.3. The van der Waals surface area contributed by atoms with Gasteiger partial charge in [0.1, 0.15) is 12.4 Å². The molecular formula is C13H20N2O. The lowest BCUT2D eigenvalue weighted by molar-refractivity contribution is 0.0807. The molecule has 0 saturated carbocycles. The number of benzene rings is 1. The Morgan fingerprint density at radius 2 is 2.12 bits per heavy atom. The zero-order chi connectivity index (χ0) is 11.4. The highest BCUT2D eigenvalue weighted by molar-refractivity contribution is 5.51. The van der Waals surface area contributed by atoms with Crippen LogP contribution in [0.25, 0.3) is 0 Å². The van der Waals surface area contributed by atoms with Crippen LogP contribution in [-0.4, -0.2) is 31.1 Å². The lowest BCUT2D eigenvalue weighted by Crippen LogP contribution is -2.47. The van der Waals surface area contributed by atoms with E-state index in [9.17, 15) is 0 Å². The second-order valence-corrected chi connectivity index (χ2v) is 4.42. The van der Waals surface area contributed by atoms with Gasteiger partial charge in [-0.25, -0.2) is 0 Å². The molecule has 1 aromatic carbocycles. The molecule has 0 atom stereocenters. The third kappa shape index (κ3) is 2.67. The average Bonchev–Trinajstić information content (AvgIpc) is 2.24. The number of nitrogens with zero attached hydrogens (tertiary/aromatic N) is 1. The van der Waals surface area contributed by atoms with Gasteiger partial charge in [-0.3, -0.25) is 4.90 Å². The Hall–Kier alpha value is -1.22. The lowest BCUT2D eigenvalue weighted by atomic mass is 9.98. The highest BCUT2D eigenvalue weighted by atomic mass is 16.5. The number of likely N-dealkylation sites (tertiary alicyclic amines) is 1. The fourth-order valence-electron chi connectivity index (χ4n) is 2.01. The minimum absolute atomic E-state index is 0.720. The monoisotopic (exact) mass is 220 g/mol. The summed E-state index contributed by atoms with van der Waals surface area (Å²) in [6.07, 6.45) is 1.29. The average molecular weight is 220 g/mol. The fraction of sp³-hybridized carbons (Fsp3) is 0.538. The van der Waals surface area contributed by atoms with Gasteiger partial charge in [-0.1, -0.05) is 25.5 Å². The molecule has 0 amide bonds. The summed E-state index contributed by atoms with van der Waals surface area (Å²) in [6, 6.07) is 7.65. The minimum Gasteiger partial charge on any atom is -0.490 e. The second kappa shape index (κ2) is 5.21. The summed E-state index contributed by atoms with van der Waals surface area (Å²) in [7, 11) is 0. The molecule has 0 radical (unpaired) electrons. The Balaban J connectivity index is 1.67. The molecule has 0 bridgehead atoms. The first-order chi connectivity index (χ1) is 7.79. The largest absolute Gasteiger partial charge is 0.490 e. The van der Waals surface area contributed by atoms with Gasteiger partial charge in [-0.15, -0.1) is 0 Å². The summed E-state index contributed by atoms with van der Waals surface area (Å²) in [6.45, 7) is 6.44. The summed E-state index contributed by atoms with van der Waals surface area (Å²) in [5, 5.41) is 0. The maximum atomic E-state index is 5.79. The van der Waals surface area contributed by atoms with Crippen LogP contribution in [0.3, 0.4) is 0 Å². The summed E-state index contributed by atoms with van der Waals surface area (Å²) in [5.41, 5.74) is 6.51. The maximum absolute atomic E-state index is 5.79. The van der Waals surface area contributed by atoms with Gasteiger partial charge in [0, 0.05) is 19.6 Å². The zero-order valence-electron chi connectivity index (χ0n) is 9.86. The van der Waals surface area contributed by atoms with E-state index in [1.54, 1.807) is 0 Å². The predicted molar refractivity (Wildman–Crippen MR) is 66.6 cm³/mol. The molecule has 1 heterocycles. The van der Waals surface area contributed by atoms with Gasteiger partial charge in [0.15, 0.2) is 0 Å². The third-order valence-electron chi connectivity index (χ3n) is 3.19. The van der Waals surface area contributed by atoms with E-state index in [4.69, 9.17) is 10.5 Å². The molecule has 0 aromatic heterocycles. The Morgan fingerprint density at radius 3 is 2.81 bits per heavy atom. The normalized spacial score (nSPS) is 17.1. The van der Waals surface area contributed by atoms with Crippen molar-refractivity contribution in [1.82, 2.24) is 4.90 Å². The number of nitrogen functional groups attached to an aromatic ring is 1. The molecule has 0 aliphatic carbocycles. The number of nitrogens with two attached hydrogens (primary N) is 1. The van der Waals surface area contributed by atoms with E-state index < -0.39 is 0 Å². The van der Waals surface area contributed by atoms with Gasteiger partial charge >= 0.3 is 0 Å². The van der Waals surface area contributed by atoms with Crippen molar-refractivity contribution in [2.45, 2.75) is 13.3 Å². The Bertz CT molecular complexity index is 334. The van der Waals surface area contributed by atoms with Crippen LogP contribution in [0.2, 0.25) is 0 Å². The van der Waals surface area contributed by atoms with Crippen molar-refractivity contribution in [1.29, 1.82) is 0 Å². The molecule has 3 heteroatoms. The van der Waals surface area contributed by atoms with Gasteiger partial charge in [-0.05, 0) is 18.1 Å². The minimum atomic E-state index is 0.720. The van der Waals surface area contributed by atoms with Crippen LogP contribution in [0.15, 0.2) is 24.3 Å². The molecule has 88 valence electrons. The highest BCUT2D eigenvalue weighted by Crippen LogP contribution is 2.21. The molecule has 1 aliphatic heterocycles. The molecule has 1 saturated heterocycles.